The Morgan fingerprint density at radius 3 is 2.29 bits per heavy atom. The second-order valence-corrected chi connectivity index (χ2v) is 11.9. The fourth-order valence-corrected chi connectivity index (χ4v) is 7.03. The van der Waals surface area contributed by atoms with E-state index in [1.165, 1.54) is 0 Å². The van der Waals surface area contributed by atoms with Gasteiger partial charge in [0, 0.05) is 24.1 Å². The average molecular weight is 536 g/mol. The molecule has 6 rings (SSSR count). The number of ether oxygens (including phenoxy) is 1. The lowest BCUT2D eigenvalue weighted by Crippen LogP contribution is -2.54. The molecule has 4 fully saturated rings. The summed E-state index contributed by atoms with van der Waals surface area (Å²) in [5, 5.41) is 14.6. The molecule has 0 spiro atoms. The predicted octanol–water partition coefficient (Wildman–Crippen LogP) is 7.86. The summed E-state index contributed by atoms with van der Waals surface area (Å²) in [5.41, 5.74) is 1.87. The quantitative estimate of drug-likeness (QED) is 0.321. The van der Waals surface area contributed by atoms with E-state index < -0.39 is 24.7 Å². The van der Waals surface area contributed by atoms with Crippen molar-refractivity contribution in [1.82, 2.24) is 5.32 Å². The van der Waals surface area contributed by atoms with E-state index in [0.717, 1.165) is 61.3 Å². The molecule has 4 nitrogen and oxygen atoms in total. The number of halogens is 4. The summed E-state index contributed by atoms with van der Waals surface area (Å²) in [6.45, 7) is 0.0125. The molecule has 4 aliphatic carbocycles. The number of carbonyl (C=O) groups is 1. The molecule has 0 radical (unpaired) electrons. The Morgan fingerprint density at radius 2 is 1.68 bits per heavy atom. The van der Waals surface area contributed by atoms with Crippen molar-refractivity contribution in [1.29, 1.82) is 0 Å². The van der Waals surface area contributed by atoms with Crippen LogP contribution < -0.4 is 10.1 Å². The number of aliphatic carboxylic acids is 1. The van der Waals surface area contributed by atoms with Crippen LogP contribution in [0, 0.1) is 11.3 Å². The summed E-state index contributed by atoms with van der Waals surface area (Å²) in [5.74, 6) is -1.55. The lowest BCUT2D eigenvalue weighted by molar-refractivity contribution is -0.185. The molecule has 2 N–H and O–H groups in total. The van der Waals surface area contributed by atoms with Crippen LogP contribution in [-0.2, 0) is 18.0 Å². The van der Waals surface area contributed by atoms with Crippen LogP contribution >= 0.6 is 0 Å². The normalized spacial score (nSPS) is 29.5. The van der Waals surface area contributed by atoms with Crippen LogP contribution in [0.4, 0.5) is 17.6 Å². The smallest absolute Gasteiger partial charge is 0.391 e. The molecular weight excluding hydrogens is 498 g/mol. The largest absolute Gasteiger partial charge is 0.490 e. The Kier molecular flexibility index (Phi) is 7.64. The first-order valence-corrected chi connectivity index (χ1v) is 13.9. The molecule has 0 aromatic heterocycles. The van der Waals surface area contributed by atoms with Gasteiger partial charge in [0.1, 0.15) is 12.4 Å². The van der Waals surface area contributed by atoms with Gasteiger partial charge < -0.3 is 15.2 Å². The van der Waals surface area contributed by atoms with Crippen molar-refractivity contribution in [2.75, 3.05) is 0 Å². The lowest BCUT2D eigenvalue weighted by atomic mass is 9.56. The molecule has 2 aromatic rings. The number of fused-ring (bicyclic) bond motifs is 4. The zero-order valence-electron chi connectivity index (χ0n) is 21.7. The minimum Gasteiger partial charge on any atom is -0.490 e. The molecule has 208 valence electrons. The Labute approximate surface area is 221 Å². The highest BCUT2D eigenvalue weighted by molar-refractivity contribution is 5.88. The Bertz CT molecular complexity index is 1130. The molecular formula is C30H37F4NO3. The maximum Gasteiger partial charge on any atom is 0.391 e. The van der Waals surface area contributed by atoms with Gasteiger partial charge in [-0.25, -0.2) is 4.39 Å². The molecule has 0 atom stereocenters. The Balaban J connectivity index is 1.21. The van der Waals surface area contributed by atoms with E-state index in [4.69, 9.17) is 9.84 Å². The number of alkyl halides is 4. The molecule has 2 aromatic carbocycles. The fourth-order valence-electron chi connectivity index (χ4n) is 7.03. The summed E-state index contributed by atoms with van der Waals surface area (Å²) in [6, 6.07) is 9.66. The molecule has 0 unspecified atom stereocenters. The number of nitrogens with one attached hydrogen (secondary N) is 1. The summed E-state index contributed by atoms with van der Waals surface area (Å²) in [7, 11) is 0. The van der Waals surface area contributed by atoms with Crippen molar-refractivity contribution in [3.63, 3.8) is 0 Å². The van der Waals surface area contributed by atoms with Gasteiger partial charge in [0.15, 0.2) is 0 Å². The van der Waals surface area contributed by atoms with Crippen LogP contribution in [0.3, 0.4) is 0 Å². The van der Waals surface area contributed by atoms with Crippen molar-refractivity contribution >= 4 is 16.7 Å². The van der Waals surface area contributed by atoms with Gasteiger partial charge in [-0.15, -0.1) is 0 Å². The third-order valence-corrected chi connectivity index (χ3v) is 9.66. The predicted molar refractivity (Wildman–Crippen MR) is 138 cm³/mol. The summed E-state index contributed by atoms with van der Waals surface area (Å²) in [6.07, 6.45) is 3.71. The molecule has 0 aliphatic heterocycles. The van der Waals surface area contributed by atoms with E-state index in [2.05, 4.69) is 11.4 Å². The SMILES string of the molecule is O=C(O)CCC12CCC(NCc3ccc4c(CF)c(OC5CCC(C(F)(F)F)CC5)ccc4c3)(CC1)CC2. The van der Waals surface area contributed by atoms with Gasteiger partial charge in [-0.2, -0.15) is 13.2 Å². The number of carboxylic acid groups (broad SMARTS) is 1. The van der Waals surface area contributed by atoms with E-state index in [1.807, 2.05) is 18.2 Å². The number of rotatable bonds is 9. The first kappa shape index (κ1) is 27.2. The highest BCUT2D eigenvalue weighted by atomic mass is 19.4. The Hall–Kier alpha value is -2.35. The van der Waals surface area contributed by atoms with Crippen molar-refractivity contribution in [3.8, 4) is 5.75 Å². The molecule has 4 saturated carbocycles. The molecule has 0 amide bonds. The van der Waals surface area contributed by atoms with Gasteiger partial charge in [-0.05, 0) is 105 Å². The molecule has 0 saturated heterocycles. The minimum absolute atomic E-state index is 0.0495. The van der Waals surface area contributed by atoms with Gasteiger partial charge in [0.25, 0.3) is 0 Å². The first-order chi connectivity index (χ1) is 18.1. The zero-order chi connectivity index (χ0) is 27.0. The molecule has 38 heavy (non-hydrogen) atoms. The van der Waals surface area contributed by atoms with Crippen LogP contribution in [0.15, 0.2) is 30.3 Å². The second kappa shape index (κ2) is 10.7. The summed E-state index contributed by atoms with van der Waals surface area (Å²) < 4.78 is 59.1. The van der Waals surface area contributed by atoms with Crippen LogP contribution in [0.5, 0.6) is 5.75 Å². The monoisotopic (exact) mass is 535 g/mol. The van der Waals surface area contributed by atoms with E-state index in [9.17, 15) is 22.4 Å². The number of carboxylic acids is 1. The third kappa shape index (κ3) is 5.80. The zero-order valence-corrected chi connectivity index (χ0v) is 21.7. The number of hydrogen-bond acceptors (Lipinski definition) is 3. The van der Waals surface area contributed by atoms with E-state index >= 15 is 0 Å². The van der Waals surface area contributed by atoms with Crippen molar-refractivity contribution in [2.24, 2.45) is 11.3 Å². The number of hydrogen-bond donors (Lipinski definition) is 2. The molecule has 4 aliphatic rings. The van der Waals surface area contributed by atoms with E-state index in [-0.39, 0.29) is 36.3 Å². The second-order valence-electron chi connectivity index (χ2n) is 11.9. The van der Waals surface area contributed by atoms with Crippen LogP contribution in [0.2, 0.25) is 0 Å². The highest BCUT2D eigenvalue weighted by Crippen LogP contribution is 2.54. The van der Waals surface area contributed by atoms with Gasteiger partial charge >= 0.3 is 12.1 Å². The molecule has 0 heterocycles. The van der Waals surface area contributed by atoms with Crippen molar-refractivity contribution in [3.05, 3.63) is 41.5 Å². The van der Waals surface area contributed by atoms with Gasteiger partial charge in [-0.1, -0.05) is 18.2 Å². The van der Waals surface area contributed by atoms with Crippen LogP contribution in [0.25, 0.3) is 10.8 Å². The summed E-state index contributed by atoms with van der Waals surface area (Å²) >= 11 is 0. The van der Waals surface area contributed by atoms with E-state index in [1.54, 1.807) is 6.07 Å². The summed E-state index contributed by atoms with van der Waals surface area (Å²) in [4.78, 5) is 11.0. The standard InChI is InChI=1S/C30H37F4NO3/c31-18-25-24-7-1-20(19-35-29-14-11-28(12-15-29,13-16-29)10-9-27(36)37)17-21(24)2-8-26(25)38-23-5-3-22(4-6-23)30(32,33)34/h1-2,7-8,17,22-23,35H,3-6,9-16,18-19H2,(H,36,37). The third-order valence-electron chi connectivity index (χ3n) is 9.66. The topological polar surface area (TPSA) is 58.6 Å². The minimum atomic E-state index is -4.16. The van der Waals surface area contributed by atoms with Crippen LogP contribution in [-0.4, -0.2) is 28.9 Å². The van der Waals surface area contributed by atoms with E-state index in [0.29, 0.717) is 30.7 Å². The van der Waals surface area contributed by atoms with Crippen molar-refractivity contribution < 1.29 is 32.2 Å². The molecule has 8 heteroatoms. The average Bonchev–Trinajstić information content (AvgIpc) is 2.91. The highest BCUT2D eigenvalue weighted by Gasteiger charge is 2.48. The van der Waals surface area contributed by atoms with Gasteiger partial charge in [0.2, 0.25) is 0 Å². The number of benzene rings is 2. The first-order valence-electron chi connectivity index (χ1n) is 13.9. The maximum absolute atomic E-state index is 14.1. The lowest BCUT2D eigenvalue weighted by Gasteiger charge is -2.54. The van der Waals surface area contributed by atoms with Gasteiger partial charge in [0.05, 0.1) is 12.0 Å². The Morgan fingerprint density at radius 1 is 1.00 bits per heavy atom. The van der Waals surface area contributed by atoms with Gasteiger partial charge in [-0.3, -0.25) is 4.79 Å². The fraction of sp³-hybridized carbons (Fsp3) is 0.633. The maximum atomic E-state index is 14.1. The van der Waals surface area contributed by atoms with Crippen molar-refractivity contribution in [2.45, 2.75) is 108 Å². The van der Waals surface area contributed by atoms with Crippen LogP contribution in [0.1, 0.15) is 88.2 Å². The molecule has 2 bridgehead atoms.